The normalized spacial score (nSPS) is 23.0. The highest BCUT2D eigenvalue weighted by Gasteiger charge is 2.32. The van der Waals surface area contributed by atoms with Crippen molar-refractivity contribution in [3.8, 4) is 6.07 Å². The zero-order valence-electron chi connectivity index (χ0n) is 18.9. The van der Waals surface area contributed by atoms with Crippen molar-refractivity contribution in [1.29, 1.82) is 5.26 Å². The van der Waals surface area contributed by atoms with Gasteiger partial charge in [-0.3, -0.25) is 19.1 Å². The molecule has 0 aliphatic carbocycles. The molecule has 2 fully saturated rings. The number of thiocarbonyl (C=S) groups is 1. The first kappa shape index (κ1) is 23.6. The lowest BCUT2D eigenvalue weighted by Crippen LogP contribution is -2.43. The summed E-state index contributed by atoms with van der Waals surface area (Å²) in [5.74, 6) is 1.67. The third-order valence-corrected chi connectivity index (χ3v) is 7.50. The number of carbonyl (C=O) groups is 1. The molecule has 1 aromatic heterocycles. The van der Waals surface area contributed by atoms with Gasteiger partial charge in [0.2, 0.25) is 0 Å². The van der Waals surface area contributed by atoms with Gasteiger partial charge in [0.25, 0.3) is 11.5 Å². The zero-order chi connectivity index (χ0) is 22.9. The largest absolute Gasteiger partial charge is 0.357 e. The standard InChI is InChI=1S/C23H30N4O2S2/c1-6-7-8-27-20(26-12-14(2)9-15(3)13-26)17(16(4)18(11-24)21(27)28)10-19-22(29)25(5)23(30)31-19/h10,14-15H,6-9,12-13H2,1-5H3. The highest BCUT2D eigenvalue weighted by atomic mass is 32.2. The number of piperidine rings is 1. The summed E-state index contributed by atoms with van der Waals surface area (Å²) in [6.07, 6.45) is 4.77. The maximum absolute atomic E-state index is 13.3. The fraction of sp³-hybridized carbons (Fsp3) is 0.565. The number of likely N-dealkylation sites (N-methyl/N-ethyl adjacent to an activating group) is 1. The summed E-state index contributed by atoms with van der Waals surface area (Å²) in [5.41, 5.74) is 1.32. The predicted octanol–water partition coefficient (Wildman–Crippen LogP) is 4.14. The molecule has 2 atom stereocenters. The number of hydrogen-bond acceptors (Lipinski definition) is 6. The van der Waals surface area contributed by atoms with Gasteiger partial charge in [0.05, 0.1) is 4.91 Å². The Kier molecular flexibility index (Phi) is 7.28. The molecular formula is C23H30N4O2S2. The Labute approximate surface area is 193 Å². The van der Waals surface area contributed by atoms with E-state index in [4.69, 9.17) is 12.2 Å². The smallest absolute Gasteiger partial charge is 0.270 e. The van der Waals surface area contributed by atoms with E-state index >= 15 is 0 Å². The molecule has 166 valence electrons. The predicted molar refractivity (Wildman–Crippen MR) is 131 cm³/mol. The SMILES string of the molecule is CCCCn1c(N2CC(C)CC(C)C2)c(C=C2SC(=S)N(C)C2=O)c(C)c(C#N)c1=O. The molecule has 0 saturated carbocycles. The molecule has 0 aromatic carbocycles. The van der Waals surface area contributed by atoms with Crippen LogP contribution in [0, 0.1) is 30.1 Å². The third kappa shape index (κ3) is 4.58. The zero-order valence-corrected chi connectivity index (χ0v) is 20.5. The number of thioether (sulfide) groups is 1. The Balaban J connectivity index is 2.29. The Bertz CT molecular complexity index is 1030. The van der Waals surface area contributed by atoms with Crippen molar-refractivity contribution in [3.05, 3.63) is 31.9 Å². The van der Waals surface area contributed by atoms with Crippen LogP contribution < -0.4 is 10.5 Å². The van der Waals surface area contributed by atoms with Gasteiger partial charge in [-0.1, -0.05) is 51.2 Å². The number of carbonyl (C=O) groups excluding carboxylic acids is 1. The van der Waals surface area contributed by atoms with Gasteiger partial charge in [-0.2, -0.15) is 5.26 Å². The summed E-state index contributed by atoms with van der Waals surface area (Å²) >= 11 is 6.56. The lowest BCUT2D eigenvalue weighted by atomic mass is 9.91. The van der Waals surface area contributed by atoms with Gasteiger partial charge in [0, 0.05) is 32.2 Å². The molecule has 2 saturated heterocycles. The van der Waals surface area contributed by atoms with E-state index in [1.54, 1.807) is 11.6 Å². The molecule has 0 N–H and O–H groups in total. The van der Waals surface area contributed by atoms with E-state index in [1.807, 2.05) is 13.0 Å². The summed E-state index contributed by atoms with van der Waals surface area (Å²) in [6.45, 7) is 10.6. The average Bonchev–Trinajstić information content (AvgIpc) is 2.95. The van der Waals surface area contributed by atoms with Gasteiger partial charge >= 0.3 is 0 Å². The average molecular weight is 459 g/mol. The fourth-order valence-corrected chi connectivity index (χ4v) is 5.68. The highest BCUT2D eigenvalue weighted by Crippen LogP contribution is 2.36. The van der Waals surface area contributed by atoms with Crippen LogP contribution in [0.25, 0.3) is 6.08 Å². The second kappa shape index (κ2) is 9.58. The lowest BCUT2D eigenvalue weighted by molar-refractivity contribution is -0.121. The van der Waals surface area contributed by atoms with Crippen molar-refractivity contribution in [2.24, 2.45) is 11.8 Å². The molecule has 2 unspecified atom stereocenters. The number of amides is 1. The first-order valence-corrected chi connectivity index (χ1v) is 12.1. The number of unbranched alkanes of at least 4 members (excludes halogenated alkanes) is 1. The first-order valence-electron chi connectivity index (χ1n) is 10.8. The minimum atomic E-state index is -0.241. The van der Waals surface area contributed by atoms with E-state index in [9.17, 15) is 14.9 Å². The van der Waals surface area contributed by atoms with Gasteiger partial charge in [-0.05, 0) is 43.2 Å². The number of nitriles is 1. The Morgan fingerprint density at radius 2 is 1.90 bits per heavy atom. The van der Waals surface area contributed by atoms with Crippen LogP contribution in [-0.4, -0.2) is 39.8 Å². The van der Waals surface area contributed by atoms with Crippen LogP contribution in [0.4, 0.5) is 5.82 Å². The van der Waals surface area contributed by atoms with Crippen LogP contribution in [0.5, 0.6) is 0 Å². The first-order chi connectivity index (χ1) is 14.7. The van der Waals surface area contributed by atoms with E-state index in [-0.39, 0.29) is 17.0 Å². The topological polar surface area (TPSA) is 69.3 Å². The second-order valence-electron chi connectivity index (χ2n) is 8.75. The number of aromatic nitrogens is 1. The van der Waals surface area contributed by atoms with E-state index in [2.05, 4.69) is 31.7 Å². The number of nitrogens with zero attached hydrogens (tertiary/aromatic N) is 4. The van der Waals surface area contributed by atoms with E-state index in [0.29, 0.717) is 33.2 Å². The van der Waals surface area contributed by atoms with Gasteiger partial charge < -0.3 is 4.90 Å². The molecule has 3 rings (SSSR count). The molecule has 0 spiro atoms. The fourth-order valence-electron chi connectivity index (χ4n) is 4.52. The molecule has 2 aliphatic rings. The molecule has 0 bridgehead atoms. The van der Waals surface area contributed by atoms with Gasteiger partial charge in [-0.15, -0.1) is 0 Å². The maximum Gasteiger partial charge on any atom is 0.270 e. The van der Waals surface area contributed by atoms with Gasteiger partial charge in [0.15, 0.2) is 0 Å². The van der Waals surface area contributed by atoms with Crippen molar-refractivity contribution >= 4 is 46.1 Å². The second-order valence-corrected chi connectivity index (χ2v) is 10.4. The summed E-state index contributed by atoms with van der Waals surface area (Å²) < 4.78 is 2.27. The van der Waals surface area contributed by atoms with Crippen LogP contribution in [0.3, 0.4) is 0 Å². The molecule has 0 radical (unpaired) electrons. The number of rotatable bonds is 5. The van der Waals surface area contributed by atoms with Crippen LogP contribution in [-0.2, 0) is 11.3 Å². The molecule has 3 heterocycles. The summed E-state index contributed by atoms with van der Waals surface area (Å²) in [6, 6.07) is 2.11. The Morgan fingerprint density at radius 1 is 1.26 bits per heavy atom. The molecule has 6 nitrogen and oxygen atoms in total. The maximum atomic E-state index is 13.3. The number of hydrogen-bond donors (Lipinski definition) is 0. The third-order valence-electron chi connectivity index (χ3n) is 6.01. The van der Waals surface area contributed by atoms with Crippen LogP contribution >= 0.6 is 24.0 Å². The summed E-state index contributed by atoms with van der Waals surface area (Å²) in [5, 5.41) is 9.76. The molecule has 2 aliphatic heterocycles. The van der Waals surface area contributed by atoms with Gasteiger partial charge in [-0.25, -0.2) is 0 Å². The van der Waals surface area contributed by atoms with Crippen molar-refractivity contribution < 1.29 is 4.79 Å². The molecule has 1 aromatic rings. The summed E-state index contributed by atoms with van der Waals surface area (Å²) in [7, 11) is 1.67. The van der Waals surface area contributed by atoms with Crippen molar-refractivity contribution in [2.75, 3.05) is 25.0 Å². The molecular weight excluding hydrogens is 428 g/mol. The van der Waals surface area contributed by atoms with E-state index in [1.165, 1.54) is 16.7 Å². The lowest BCUT2D eigenvalue weighted by Gasteiger charge is -2.39. The van der Waals surface area contributed by atoms with Crippen molar-refractivity contribution in [3.63, 3.8) is 0 Å². The molecule has 8 heteroatoms. The number of pyridine rings is 1. The molecule has 31 heavy (non-hydrogen) atoms. The van der Waals surface area contributed by atoms with E-state index in [0.717, 1.165) is 43.7 Å². The van der Waals surface area contributed by atoms with Crippen LogP contribution in [0.2, 0.25) is 0 Å². The van der Waals surface area contributed by atoms with Crippen molar-refractivity contribution in [2.45, 2.75) is 53.5 Å². The minimum absolute atomic E-state index is 0.148. The molecule has 1 amide bonds. The van der Waals surface area contributed by atoms with Gasteiger partial charge in [0.1, 0.15) is 21.8 Å². The minimum Gasteiger partial charge on any atom is -0.357 e. The monoisotopic (exact) mass is 458 g/mol. The Hall–Kier alpha value is -2.11. The van der Waals surface area contributed by atoms with Crippen LogP contribution in [0.15, 0.2) is 9.70 Å². The van der Waals surface area contributed by atoms with Crippen LogP contribution in [0.1, 0.15) is 56.7 Å². The number of anilines is 1. The quantitative estimate of drug-likeness (QED) is 0.488. The highest BCUT2D eigenvalue weighted by molar-refractivity contribution is 8.26. The summed E-state index contributed by atoms with van der Waals surface area (Å²) in [4.78, 5) is 30.3. The van der Waals surface area contributed by atoms with Crippen molar-refractivity contribution in [1.82, 2.24) is 9.47 Å². The Morgan fingerprint density at radius 3 is 2.42 bits per heavy atom. The van der Waals surface area contributed by atoms with E-state index < -0.39 is 0 Å².